The van der Waals surface area contributed by atoms with Gasteiger partial charge in [0, 0.05) is 18.8 Å². The molecular weight excluding hydrogens is 240 g/mol. The summed E-state index contributed by atoms with van der Waals surface area (Å²) in [6, 6.07) is 7.53. The van der Waals surface area contributed by atoms with Gasteiger partial charge in [0.15, 0.2) is 0 Å². The minimum absolute atomic E-state index is 0.103. The lowest BCUT2D eigenvalue weighted by atomic mass is 9.83. The Hall–Kier alpha value is -1.39. The first kappa shape index (κ1) is 14.0. The van der Waals surface area contributed by atoms with Gasteiger partial charge in [0.25, 0.3) is 0 Å². The molecule has 1 fully saturated rings. The molecule has 1 amide bonds. The fourth-order valence-electron chi connectivity index (χ4n) is 2.12. The van der Waals surface area contributed by atoms with Crippen LogP contribution in [0, 0.1) is 5.92 Å². The lowest BCUT2D eigenvalue weighted by molar-refractivity contribution is -0.120. The van der Waals surface area contributed by atoms with Crippen molar-refractivity contribution in [1.82, 2.24) is 0 Å². The third-order valence-corrected chi connectivity index (χ3v) is 3.60. The SMILES string of the molecule is NCc1ccc(NC(=O)COCCC2CCC2)cc1. The number of ether oxygens (including phenoxy) is 1. The highest BCUT2D eigenvalue weighted by atomic mass is 16.5. The van der Waals surface area contributed by atoms with Crippen LogP contribution in [0.25, 0.3) is 0 Å². The number of carbonyl (C=O) groups excluding carboxylic acids is 1. The van der Waals surface area contributed by atoms with Gasteiger partial charge in [0.2, 0.25) is 5.91 Å². The Kier molecular flexibility index (Phi) is 5.36. The van der Waals surface area contributed by atoms with Crippen LogP contribution in [0.5, 0.6) is 0 Å². The minimum atomic E-state index is -0.103. The van der Waals surface area contributed by atoms with E-state index < -0.39 is 0 Å². The average Bonchev–Trinajstić information content (AvgIpc) is 2.37. The first-order valence-electron chi connectivity index (χ1n) is 6.94. The topological polar surface area (TPSA) is 64.3 Å². The molecule has 0 heterocycles. The Morgan fingerprint density at radius 2 is 2.05 bits per heavy atom. The van der Waals surface area contributed by atoms with E-state index in [-0.39, 0.29) is 12.5 Å². The van der Waals surface area contributed by atoms with E-state index in [2.05, 4.69) is 5.32 Å². The van der Waals surface area contributed by atoms with Crippen molar-refractivity contribution in [3.05, 3.63) is 29.8 Å². The first-order chi connectivity index (χ1) is 9.28. The first-order valence-corrected chi connectivity index (χ1v) is 6.94. The number of amides is 1. The number of rotatable bonds is 7. The molecule has 1 saturated carbocycles. The number of nitrogens with two attached hydrogens (primary N) is 1. The summed E-state index contributed by atoms with van der Waals surface area (Å²) in [6.07, 6.45) is 5.08. The Morgan fingerprint density at radius 1 is 1.32 bits per heavy atom. The van der Waals surface area contributed by atoms with Crippen LogP contribution in [0.1, 0.15) is 31.2 Å². The molecule has 104 valence electrons. The molecule has 0 bridgehead atoms. The van der Waals surface area contributed by atoms with Crippen molar-refractivity contribution in [3.8, 4) is 0 Å². The van der Waals surface area contributed by atoms with Gasteiger partial charge in [-0.2, -0.15) is 0 Å². The molecule has 0 spiro atoms. The van der Waals surface area contributed by atoms with Crippen LogP contribution in [0.3, 0.4) is 0 Å². The van der Waals surface area contributed by atoms with Crippen molar-refractivity contribution in [2.24, 2.45) is 11.7 Å². The van der Waals surface area contributed by atoms with Gasteiger partial charge in [-0.3, -0.25) is 4.79 Å². The zero-order valence-electron chi connectivity index (χ0n) is 11.2. The summed E-state index contributed by atoms with van der Waals surface area (Å²) in [5.41, 5.74) is 7.35. The molecule has 0 aromatic heterocycles. The van der Waals surface area contributed by atoms with Gasteiger partial charge in [-0.1, -0.05) is 31.4 Å². The highest BCUT2D eigenvalue weighted by Crippen LogP contribution is 2.29. The van der Waals surface area contributed by atoms with Crippen molar-refractivity contribution in [3.63, 3.8) is 0 Å². The van der Waals surface area contributed by atoms with E-state index in [0.717, 1.165) is 23.6 Å². The summed E-state index contributed by atoms with van der Waals surface area (Å²) in [4.78, 5) is 11.6. The maximum Gasteiger partial charge on any atom is 0.250 e. The summed E-state index contributed by atoms with van der Waals surface area (Å²) < 4.78 is 5.39. The number of carbonyl (C=O) groups is 1. The maximum atomic E-state index is 11.6. The summed E-state index contributed by atoms with van der Waals surface area (Å²) >= 11 is 0. The quantitative estimate of drug-likeness (QED) is 0.741. The smallest absolute Gasteiger partial charge is 0.250 e. The molecule has 1 aliphatic rings. The van der Waals surface area contributed by atoms with Gasteiger partial charge < -0.3 is 15.8 Å². The molecule has 0 atom stereocenters. The van der Waals surface area contributed by atoms with Crippen LogP contribution in [-0.2, 0) is 16.1 Å². The van der Waals surface area contributed by atoms with E-state index in [4.69, 9.17) is 10.5 Å². The number of hydrogen-bond acceptors (Lipinski definition) is 3. The van der Waals surface area contributed by atoms with Gasteiger partial charge >= 0.3 is 0 Å². The molecule has 0 unspecified atom stereocenters. The van der Waals surface area contributed by atoms with E-state index in [0.29, 0.717) is 13.2 Å². The Labute approximate surface area is 114 Å². The predicted molar refractivity (Wildman–Crippen MR) is 75.7 cm³/mol. The fourth-order valence-corrected chi connectivity index (χ4v) is 2.12. The predicted octanol–water partition coefficient (Wildman–Crippen LogP) is 2.29. The maximum absolute atomic E-state index is 11.6. The molecule has 4 nitrogen and oxygen atoms in total. The highest BCUT2D eigenvalue weighted by molar-refractivity contribution is 5.91. The van der Waals surface area contributed by atoms with Gasteiger partial charge in [-0.05, 0) is 30.0 Å². The second kappa shape index (κ2) is 7.26. The molecule has 0 radical (unpaired) electrons. The second-order valence-corrected chi connectivity index (χ2v) is 5.09. The van der Waals surface area contributed by atoms with E-state index in [1.54, 1.807) is 0 Å². The van der Waals surface area contributed by atoms with Crippen LogP contribution >= 0.6 is 0 Å². The third kappa shape index (κ3) is 4.65. The lowest BCUT2D eigenvalue weighted by Crippen LogP contribution is -2.20. The Morgan fingerprint density at radius 3 is 2.63 bits per heavy atom. The number of benzene rings is 1. The second-order valence-electron chi connectivity index (χ2n) is 5.09. The molecule has 2 rings (SSSR count). The number of hydrogen-bond donors (Lipinski definition) is 2. The number of anilines is 1. The summed E-state index contributed by atoms with van der Waals surface area (Å²) in [6.45, 7) is 1.33. The van der Waals surface area contributed by atoms with E-state index >= 15 is 0 Å². The molecular formula is C15H22N2O2. The van der Waals surface area contributed by atoms with Crippen molar-refractivity contribution in [2.45, 2.75) is 32.2 Å². The van der Waals surface area contributed by atoms with E-state index in [9.17, 15) is 4.79 Å². The Balaban J connectivity index is 1.62. The number of nitrogens with one attached hydrogen (secondary N) is 1. The monoisotopic (exact) mass is 262 g/mol. The van der Waals surface area contributed by atoms with E-state index in [1.165, 1.54) is 19.3 Å². The zero-order valence-corrected chi connectivity index (χ0v) is 11.2. The fraction of sp³-hybridized carbons (Fsp3) is 0.533. The minimum Gasteiger partial charge on any atom is -0.372 e. The van der Waals surface area contributed by atoms with Crippen molar-refractivity contribution in [1.29, 1.82) is 0 Å². The van der Waals surface area contributed by atoms with Gasteiger partial charge in [0.05, 0.1) is 0 Å². The van der Waals surface area contributed by atoms with Crippen molar-refractivity contribution < 1.29 is 9.53 Å². The summed E-state index contributed by atoms with van der Waals surface area (Å²) in [5.74, 6) is 0.723. The van der Waals surface area contributed by atoms with Gasteiger partial charge in [0.1, 0.15) is 6.61 Å². The van der Waals surface area contributed by atoms with Crippen LogP contribution in [0.2, 0.25) is 0 Å². The molecule has 1 aliphatic carbocycles. The Bertz CT molecular complexity index is 399. The molecule has 1 aromatic rings. The molecule has 19 heavy (non-hydrogen) atoms. The molecule has 3 N–H and O–H groups in total. The molecule has 0 saturated heterocycles. The van der Waals surface area contributed by atoms with Crippen LogP contribution in [-0.4, -0.2) is 19.1 Å². The van der Waals surface area contributed by atoms with Crippen molar-refractivity contribution in [2.75, 3.05) is 18.5 Å². The van der Waals surface area contributed by atoms with Gasteiger partial charge in [-0.25, -0.2) is 0 Å². The van der Waals surface area contributed by atoms with Gasteiger partial charge in [-0.15, -0.1) is 0 Å². The third-order valence-electron chi connectivity index (χ3n) is 3.60. The van der Waals surface area contributed by atoms with Crippen molar-refractivity contribution >= 4 is 11.6 Å². The summed E-state index contributed by atoms with van der Waals surface area (Å²) in [5, 5.41) is 2.80. The molecule has 1 aromatic carbocycles. The van der Waals surface area contributed by atoms with Crippen LogP contribution in [0.4, 0.5) is 5.69 Å². The average molecular weight is 262 g/mol. The van der Waals surface area contributed by atoms with Crippen LogP contribution < -0.4 is 11.1 Å². The largest absolute Gasteiger partial charge is 0.372 e. The summed E-state index contributed by atoms with van der Waals surface area (Å²) in [7, 11) is 0. The zero-order chi connectivity index (χ0) is 13.5. The molecule has 4 heteroatoms. The standard InChI is InChI=1S/C15H22N2O2/c16-10-13-4-6-14(7-5-13)17-15(18)11-19-9-8-12-2-1-3-12/h4-7,12H,1-3,8-11,16H2,(H,17,18). The van der Waals surface area contributed by atoms with E-state index in [1.807, 2.05) is 24.3 Å². The lowest BCUT2D eigenvalue weighted by Gasteiger charge is -2.24. The highest BCUT2D eigenvalue weighted by Gasteiger charge is 2.16. The van der Waals surface area contributed by atoms with Crippen LogP contribution in [0.15, 0.2) is 24.3 Å². The normalized spacial score (nSPS) is 15.0. The molecule has 0 aliphatic heterocycles.